The van der Waals surface area contributed by atoms with Crippen LogP contribution in [0.3, 0.4) is 0 Å². The Morgan fingerprint density at radius 2 is 1.49 bits per heavy atom. The first-order valence-corrected chi connectivity index (χ1v) is 17.1. The molecule has 0 saturated carbocycles. The highest BCUT2D eigenvalue weighted by atomic mass is 32.2. The van der Waals surface area contributed by atoms with Crippen LogP contribution < -0.4 is 4.90 Å². The third-order valence-corrected chi connectivity index (χ3v) is 10.1. The lowest BCUT2D eigenvalue weighted by Gasteiger charge is -2.25. The summed E-state index contributed by atoms with van der Waals surface area (Å²) in [6, 6.07) is 9.20. The second-order valence-corrected chi connectivity index (χ2v) is 14.8. The van der Waals surface area contributed by atoms with Crippen LogP contribution in [0.25, 0.3) is 0 Å². The molecular formula is C31H39N2O8S2+. The van der Waals surface area contributed by atoms with Gasteiger partial charge in [-0.05, 0) is 75.6 Å². The predicted molar refractivity (Wildman–Crippen MR) is 165 cm³/mol. The SMILES string of the molecule is CCN1/C(=C/C=C/C2=[N+](CCCCCC(=O)O)c3ccc(S(=O)(=O)O)cc3C2(C)C)C(C)(C)c2cc(S(=O)(=O)O)ccc21. The van der Waals surface area contributed by atoms with Gasteiger partial charge in [-0.1, -0.05) is 19.9 Å². The summed E-state index contributed by atoms with van der Waals surface area (Å²) in [5, 5.41) is 8.98. The molecule has 0 aliphatic carbocycles. The number of benzene rings is 2. The molecule has 0 bridgehead atoms. The Kier molecular flexibility index (Phi) is 8.82. The standard InChI is InChI=1S/C31H38N2O8S2/c1-6-32-25-16-14-21(42(36,37)38)19-23(25)30(2,3)27(32)11-10-12-28-31(4,5)24-20-22(43(39,40)41)15-17-26(24)33(28)18-9-7-8-13-29(34)35/h10-12,14-17,19-20H,6-9,13,18H2,1-5H3,(H2-,34,35,36,37,38,39,40,41)/p+1. The molecule has 2 aromatic carbocycles. The fraction of sp³-hybridized carbons (Fsp3) is 0.419. The van der Waals surface area contributed by atoms with Crippen molar-refractivity contribution in [1.82, 2.24) is 0 Å². The van der Waals surface area contributed by atoms with Crippen LogP contribution in [-0.2, 0) is 35.9 Å². The Labute approximate surface area is 253 Å². The zero-order valence-corrected chi connectivity index (χ0v) is 26.7. The molecule has 0 spiro atoms. The third-order valence-electron chi connectivity index (χ3n) is 8.42. The molecule has 232 valence electrons. The maximum Gasteiger partial charge on any atom is 0.303 e. The number of likely N-dealkylation sites (N-methyl/N-ethyl adjacent to an activating group) is 1. The predicted octanol–water partition coefficient (Wildman–Crippen LogP) is 5.46. The van der Waals surface area contributed by atoms with E-state index < -0.39 is 37.0 Å². The minimum atomic E-state index is -4.40. The van der Waals surface area contributed by atoms with Crippen LogP contribution in [0, 0.1) is 0 Å². The molecule has 0 unspecified atom stereocenters. The highest BCUT2D eigenvalue weighted by Gasteiger charge is 2.45. The summed E-state index contributed by atoms with van der Waals surface area (Å²) in [6.45, 7) is 11.2. The van der Waals surface area contributed by atoms with E-state index in [0.717, 1.165) is 40.3 Å². The number of nitrogens with zero attached hydrogens (tertiary/aromatic N) is 2. The van der Waals surface area contributed by atoms with Gasteiger partial charge in [-0.15, -0.1) is 0 Å². The fourth-order valence-electron chi connectivity index (χ4n) is 6.16. The molecule has 3 N–H and O–H groups in total. The van der Waals surface area contributed by atoms with Crippen LogP contribution in [0.1, 0.15) is 71.4 Å². The van der Waals surface area contributed by atoms with Gasteiger partial charge in [0.25, 0.3) is 20.2 Å². The number of hydrogen-bond acceptors (Lipinski definition) is 6. The van der Waals surface area contributed by atoms with Gasteiger partial charge in [0, 0.05) is 53.9 Å². The Morgan fingerprint density at radius 1 is 0.884 bits per heavy atom. The first kappa shape index (κ1) is 32.6. The highest BCUT2D eigenvalue weighted by molar-refractivity contribution is 7.86. The maximum absolute atomic E-state index is 11.9. The van der Waals surface area contributed by atoms with Crippen molar-refractivity contribution in [1.29, 1.82) is 0 Å². The van der Waals surface area contributed by atoms with Crippen molar-refractivity contribution in [3.8, 4) is 0 Å². The van der Waals surface area contributed by atoms with Crippen LogP contribution in [0.4, 0.5) is 11.4 Å². The molecule has 0 fully saturated rings. The van der Waals surface area contributed by atoms with Gasteiger partial charge < -0.3 is 10.0 Å². The van der Waals surface area contributed by atoms with Gasteiger partial charge in [0.05, 0.1) is 15.2 Å². The summed E-state index contributed by atoms with van der Waals surface area (Å²) < 4.78 is 69.0. The van der Waals surface area contributed by atoms with Crippen LogP contribution in [0.2, 0.25) is 0 Å². The second kappa shape index (κ2) is 11.6. The molecule has 2 aliphatic rings. The van der Waals surface area contributed by atoms with Gasteiger partial charge in [-0.25, -0.2) is 0 Å². The van der Waals surface area contributed by atoms with Crippen molar-refractivity contribution >= 4 is 43.3 Å². The van der Waals surface area contributed by atoms with E-state index >= 15 is 0 Å². The topological polar surface area (TPSA) is 152 Å². The van der Waals surface area contributed by atoms with E-state index in [1.54, 1.807) is 12.1 Å². The van der Waals surface area contributed by atoms with E-state index in [1.807, 2.05) is 52.8 Å². The lowest BCUT2D eigenvalue weighted by molar-refractivity contribution is -0.438. The monoisotopic (exact) mass is 631 g/mol. The Hall–Kier alpha value is -3.32. The molecule has 4 rings (SSSR count). The molecule has 2 heterocycles. The van der Waals surface area contributed by atoms with Gasteiger partial charge in [0.15, 0.2) is 5.71 Å². The van der Waals surface area contributed by atoms with E-state index in [-0.39, 0.29) is 16.2 Å². The largest absolute Gasteiger partial charge is 0.481 e. The second-order valence-electron chi connectivity index (χ2n) is 12.0. The zero-order valence-electron chi connectivity index (χ0n) is 25.0. The number of carboxylic acids is 1. The molecule has 0 radical (unpaired) electrons. The number of allylic oxidation sites excluding steroid dienone is 4. The molecule has 0 amide bonds. The number of fused-ring (bicyclic) bond motifs is 2. The van der Waals surface area contributed by atoms with Crippen LogP contribution in [0.5, 0.6) is 0 Å². The van der Waals surface area contributed by atoms with Crippen molar-refractivity contribution in [2.75, 3.05) is 18.0 Å². The summed E-state index contributed by atoms with van der Waals surface area (Å²) in [6.07, 6.45) is 7.99. The number of anilines is 1. The van der Waals surface area contributed by atoms with Crippen molar-refractivity contribution < 1.29 is 40.4 Å². The normalized spacial score (nSPS) is 18.5. The van der Waals surface area contributed by atoms with E-state index in [9.17, 15) is 30.7 Å². The lowest BCUT2D eigenvalue weighted by atomic mass is 9.81. The van der Waals surface area contributed by atoms with Crippen LogP contribution in [0.15, 0.2) is 70.1 Å². The molecular weight excluding hydrogens is 592 g/mol. The lowest BCUT2D eigenvalue weighted by Crippen LogP contribution is -2.28. The number of unbranched alkanes of at least 4 members (excludes halogenated alkanes) is 2. The molecule has 10 nitrogen and oxygen atoms in total. The van der Waals surface area contributed by atoms with E-state index in [2.05, 4.69) is 9.48 Å². The van der Waals surface area contributed by atoms with E-state index in [1.165, 1.54) is 24.3 Å². The Bertz CT molecular complexity index is 1770. The zero-order chi connectivity index (χ0) is 32.0. The maximum atomic E-state index is 11.9. The summed E-state index contributed by atoms with van der Waals surface area (Å²) in [4.78, 5) is 12.7. The van der Waals surface area contributed by atoms with Crippen molar-refractivity contribution in [3.05, 3.63) is 71.5 Å². The number of carboxylic acid groups (broad SMARTS) is 1. The number of carbonyl (C=O) groups is 1. The molecule has 0 aromatic heterocycles. The van der Waals surface area contributed by atoms with Crippen molar-refractivity contribution in [3.63, 3.8) is 0 Å². The first-order valence-electron chi connectivity index (χ1n) is 14.2. The first-order chi connectivity index (χ1) is 19.9. The minimum Gasteiger partial charge on any atom is -0.481 e. The van der Waals surface area contributed by atoms with E-state index in [0.29, 0.717) is 25.9 Å². The Balaban J connectivity index is 1.75. The van der Waals surface area contributed by atoms with Gasteiger partial charge in [-0.3, -0.25) is 13.9 Å². The van der Waals surface area contributed by atoms with Crippen molar-refractivity contribution in [2.24, 2.45) is 0 Å². The molecule has 0 atom stereocenters. The molecule has 0 saturated heterocycles. The number of hydrogen-bond donors (Lipinski definition) is 3. The molecule has 2 aromatic rings. The van der Waals surface area contributed by atoms with Crippen molar-refractivity contribution in [2.45, 2.75) is 80.9 Å². The highest BCUT2D eigenvalue weighted by Crippen LogP contribution is 2.48. The summed E-state index contributed by atoms with van der Waals surface area (Å²) in [5.74, 6) is -0.832. The van der Waals surface area contributed by atoms with Gasteiger partial charge in [0.1, 0.15) is 6.54 Å². The average molecular weight is 632 g/mol. The number of rotatable bonds is 11. The Morgan fingerprint density at radius 3 is 2.07 bits per heavy atom. The van der Waals surface area contributed by atoms with Gasteiger partial charge in [-0.2, -0.15) is 21.4 Å². The third kappa shape index (κ3) is 6.33. The molecule has 43 heavy (non-hydrogen) atoms. The summed E-state index contributed by atoms with van der Waals surface area (Å²) in [7, 11) is -8.76. The smallest absolute Gasteiger partial charge is 0.303 e. The van der Waals surface area contributed by atoms with Crippen LogP contribution >= 0.6 is 0 Å². The fourth-order valence-corrected chi connectivity index (χ4v) is 7.18. The average Bonchev–Trinajstić information content (AvgIpc) is 3.25. The van der Waals surface area contributed by atoms with Gasteiger partial charge >= 0.3 is 5.97 Å². The van der Waals surface area contributed by atoms with Crippen LogP contribution in [-0.4, -0.2) is 60.4 Å². The van der Waals surface area contributed by atoms with Gasteiger partial charge in [0.2, 0.25) is 5.69 Å². The quantitative estimate of drug-likeness (QED) is 0.167. The number of aliphatic carboxylic acids is 1. The molecule has 2 aliphatic heterocycles. The molecule has 12 heteroatoms. The summed E-state index contributed by atoms with van der Waals surface area (Å²) in [5.41, 5.74) is 3.89. The summed E-state index contributed by atoms with van der Waals surface area (Å²) >= 11 is 0. The minimum absolute atomic E-state index is 0.0989. The van der Waals surface area contributed by atoms with E-state index in [4.69, 9.17) is 5.11 Å².